The Morgan fingerprint density at radius 1 is 1.23 bits per heavy atom. The topological polar surface area (TPSA) is 78.0 Å². The van der Waals surface area contributed by atoms with Gasteiger partial charge in [0.15, 0.2) is 5.69 Å². The van der Waals surface area contributed by atoms with Gasteiger partial charge in [-0.05, 0) is 56.5 Å². The Balaban J connectivity index is 2.06. The van der Waals surface area contributed by atoms with Crippen LogP contribution in [0.5, 0.6) is 0 Å². The van der Waals surface area contributed by atoms with Gasteiger partial charge in [-0.3, -0.25) is 0 Å². The van der Waals surface area contributed by atoms with Crippen molar-refractivity contribution >= 4 is 10.0 Å². The first kappa shape index (κ1) is 18.7. The van der Waals surface area contributed by atoms with Gasteiger partial charge >= 0.3 is 6.18 Å². The third-order valence-corrected chi connectivity index (χ3v) is 5.42. The first-order valence-electron chi connectivity index (χ1n) is 8.02. The Bertz CT molecular complexity index is 945. The van der Waals surface area contributed by atoms with Gasteiger partial charge in [0.25, 0.3) is 0 Å². The van der Waals surface area contributed by atoms with Crippen molar-refractivity contribution in [1.29, 1.82) is 0 Å². The SMILES string of the molecule is CC1=CCC(c2cc(C(F)(F)F)nn2-c2ccc(S(N)(=O)=O)cc2)CC1. The predicted molar refractivity (Wildman–Crippen MR) is 90.3 cm³/mol. The van der Waals surface area contributed by atoms with E-state index in [-0.39, 0.29) is 10.8 Å². The fraction of sp³-hybridized carbons (Fsp3) is 0.353. The average Bonchev–Trinajstić information content (AvgIpc) is 3.00. The molecule has 9 heteroatoms. The van der Waals surface area contributed by atoms with Crippen LogP contribution in [0.25, 0.3) is 5.69 Å². The zero-order valence-corrected chi connectivity index (χ0v) is 14.8. The number of rotatable bonds is 3. The number of sulfonamides is 1. The Hall–Kier alpha value is -2.13. The largest absolute Gasteiger partial charge is 0.435 e. The highest BCUT2D eigenvalue weighted by Gasteiger charge is 2.36. The molecule has 3 rings (SSSR count). The molecule has 0 radical (unpaired) electrons. The standard InChI is InChI=1S/C17H18F3N3O2S/c1-11-2-4-12(5-3-11)15-10-16(17(18,19)20)22-23(15)13-6-8-14(9-7-13)26(21,24)25/h2,6-10,12H,3-5H2,1H3,(H2,21,24,25). The maximum Gasteiger partial charge on any atom is 0.435 e. The lowest BCUT2D eigenvalue weighted by Crippen LogP contribution is -2.13. The molecule has 0 saturated heterocycles. The highest BCUT2D eigenvalue weighted by molar-refractivity contribution is 7.89. The fourth-order valence-electron chi connectivity index (χ4n) is 3.04. The molecule has 26 heavy (non-hydrogen) atoms. The Kier molecular flexibility index (Phi) is 4.70. The van der Waals surface area contributed by atoms with Gasteiger partial charge < -0.3 is 0 Å². The van der Waals surface area contributed by atoms with E-state index in [1.807, 2.05) is 13.0 Å². The van der Waals surface area contributed by atoms with Crippen LogP contribution in [0.3, 0.4) is 0 Å². The van der Waals surface area contributed by atoms with Crippen molar-refractivity contribution in [3.05, 3.63) is 53.4 Å². The molecular weight excluding hydrogens is 367 g/mol. The van der Waals surface area contributed by atoms with Crippen molar-refractivity contribution in [3.63, 3.8) is 0 Å². The number of allylic oxidation sites excluding steroid dienone is 2. The van der Waals surface area contributed by atoms with E-state index in [0.29, 0.717) is 17.8 Å². The molecular formula is C17H18F3N3O2S. The second-order valence-electron chi connectivity index (χ2n) is 6.42. The second-order valence-corrected chi connectivity index (χ2v) is 7.99. The number of nitrogens with two attached hydrogens (primary N) is 1. The highest BCUT2D eigenvalue weighted by Crippen LogP contribution is 2.37. The number of benzene rings is 1. The molecule has 0 spiro atoms. The van der Waals surface area contributed by atoms with Crippen LogP contribution in [0.4, 0.5) is 13.2 Å². The van der Waals surface area contributed by atoms with Gasteiger partial charge in [0.05, 0.1) is 10.6 Å². The number of hydrogen-bond acceptors (Lipinski definition) is 3. The highest BCUT2D eigenvalue weighted by atomic mass is 32.2. The number of primary sulfonamides is 1. The summed E-state index contributed by atoms with van der Waals surface area (Å²) >= 11 is 0. The normalized spacial score (nSPS) is 18.7. The quantitative estimate of drug-likeness (QED) is 0.818. The van der Waals surface area contributed by atoms with Crippen LogP contribution < -0.4 is 5.14 Å². The van der Waals surface area contributed by atoms with Crippen molar-refractivity contribution < 1.29 is 21.6 Å². The van der Waals surface area contributed by atoms with Gasteiger partial charge in [-0.1, -0.05) is 11.6 Å². The van der Waals surface area contributed by atoms with Crippen LogP contribution in [0, 0.1) is 0 Å². The van der Waals surface area contributed by atoms with E-state index in [4.69, 9.17) is 5.14 Å². The molecule has 0 aliphatic heterocycles. The van der Waals surface area contributed by atoms with Gasteiger partial charge in [0, 0.05) is 11.6 Å². The van der Waals surface area contributed by atoms with Gasteiger partial charge in [0.2, 0.25) is 10.0 Å². The maximum atomic E-state index is 13.2. The lowest BCUT2D eigenvalue weighted by molar-refractivity contribution is -0.141. The lowest BCUT2D eigenvalue weighted by atomic mass is 9.87. The maximum absolute atomic E-state index is 13.2. The van der Waals surface area contributed by atoms with Crippen LogP contribution in [0.2, 0.25) is 0 Å². The molecule has 0 saturated carbocycles. The van der Waals surface area contributed by atoms with Gasteiger partial charge in [0.1, 0.15) is 0 Å². The summed E-state index contributed by atoms with van der Waals surface area (Å²) in [6.07, 6.45) is -0.323. The van der Waals surface area contributed by atoms with Gasteiger partial charge in [-0.25, -0.2) is 18.2 Å². The van der Waals surface area contributed by atoms with E-state index >= 15 is 0 Å². The summed E-state index contributed by atoms with van der Waals surface area (Å²) in [4.78, 5) is -0.109. The van der Waals surface area contributed by atoms with Crippen molar-refractivity contribution in [2.45, 2.75) is 43.2 Å². The van der Waals surface area contributed by atoms with Crippen LogP contribution in [-0.2, 0) is 16.2 Å². The first-order valence-corrected chi connectivity index (χ1v) is 9.56. The molecule has 0 fully saturated rings. The number of hydrogen-bond donors (Lipinski definition) is 1. The minimum absolute atomic E-state index is 0.0831. The predicted octanol–water partition coefficient (Wildman–Crippen LogP) is 3.75. The van der Waals surface area contributed by atoms with Crippen molar-refractivity contribution in [1.82, 2.24) is 9.78 Å². The summed E-state index contributed by atoms with van der Waals surface area (Å²) in [6.45, 7) is 2.00. The molecule has 1 aromatic heterocycles. The summed E-state index contributed by atoms with van der Waals surface area (Å²) in [5.41, 5.74) is 1.08. The molecule has 1 unspecified atom stereocenters. The van der Waals surface area contributed by atoms with Crippen molar-refractivity contribution in [2.24, 2.45) is 5.14 Å². The molecule has 1 aliphatic rings. The fourth-order valence-corrected chi connectivity index (χ4v) is 3.56. The van der Waals surface area contributed by atoms with E-state index in [2.05, 4.69) is 5.10 Å². The third-order valence-electron chi connectivity index (χ3n) is 4.49. The Morgan fingerprint density at radius 2 is 1.88 bits per heavy atom. The van der Waals surface area contributed by atoms with E-state index in [1.54, 1.807) is 0 Å². The molecule has 140 valence electrons. The van der Waals surface area contributed by atoms with Gasteiger partial charge in [-0.15, -0.1) is 0 Å². The second kappa shape index (κ2) is 6.55. The van der Waals surface area contributed by atoms with Crippen LogP contribution >= 0.6 is 0 Å². The van der Waals surface area contributed by atoms with Crippen LogP contribution in [0.15, 0.2) is 46.9 Å². The molecule has 1 heterocycles. The Morgan fingerprint density at radius 3 is 2.38 bits per heavy atom. The first-order chi connectivity index (χ1) is 12.1. The minimum Gasteiger partial charge on any atom is -0.237 e. The molecule has 0 bridgehead atoms. The molecule has 2 N–H and O–H groups in total. The molecule has 2 aromatic rings. The third kappa shape index (κ3) is 3.83. The van der Waals surface area contributed by atoms with E-state index in [0.717, 1.165) is 18.9 Å². The molecule has 0 amide bonds. The van der Waals surface area contributed by atoms with Crippen molar-refractivity contribution in [2.75, 3.05) is 0 Å². The smallest absolute Gasteiger partial charge is 0.237 e. The summed E-state index contributed by atoms with van der Waals surface area (Å²) in [5, 5.41) is 8.79. The van der Waals surface area contributed by atoms with E-state index in [1.165, 1.54) is 34.5 Å². The number of halogens is 3. The number of nitrogens with zero attached hydrogens (tertiary/aromatic N) is 2. The lowest BCUT2D eigenvalue weighted by Gasteiger charge is -2.21. The summed E-state index contributed by atoms with van der Waals surface area (Å²) < 4.78 is 63.5. The Labute approximate surface area is 149 Å². The summed E-state index contributed by atoms with van der Waals surface area (Å²) in [5.74, 6) is -0.0831. The van der Waals surface area contributed by atoms with E-state index in [9.17, 15) is 21.6 Å². The summed E-state index contributed by atoms with van der Waals surface area (Å²) in [6, 6.07) is 6.40. The van der Waals surface area contributed by atoms with Crippen LogP contribution in [0.1, 0.15) is 43.5 Å². The zero-order chi connectivity index (χ0) is 19.1. The average molecular weight is 385 g/mol. The number of aromatic nitrogens is 2. The molecule has 1 aromatic carbocycles. The molecule has 5 nitrogen and oxygen atoms in total. The minimum atomic E-state index is -4.55. The van der Waals surface area contributed by atoms with E-state index < -0.39 is 21.9 Å². The van der Waals surface area contributed by atoms with Crippen molar-refractivity contribution in [3.8, 4) is 5.69 Å². The summed E-state index contributed by atoms with van der Waals surface area (Å²) in [7, 11) is -3.87. The van der Waals surface area contributed by atoms with Crippen LogP contribution in [-0.4, -0.2) is 18.2 Å². The monoisotopic (exact) mass is 385 g/mol. The number of alkyl halides is 3. The zero-order valence-electron chi connectivity index (χ0n) is 14.0. The van der Waals surface area contributed by atoms with Gasteiger partial charge in [-0.2, -0.15) is 18.3 Å². The molecule has 1 atom stereocenters. The molecule has 1 aliphatic carbocycles.